The van der Waals surface area contributed by atoms with Gasteiger partial charge in [0.25, 0.3) is 0 Å². The molecule has 2 aromatic rings. The van der Waals surface area contributed by atoms with Gasteiger partial charge in [-0.15, -0.1) is 0 Å². The number of nitrogens with zero attached hydrogens (tertiary/aromatic N) is 4. The predicted octanol–water partition coefficient (Wildman–Crippen LogP) is 2.48. The zero-order valence-electron chi connectivity index (χ0n) is 14.7. The van der Waals surface area contributed by atoms with Crippen LogP contribution < -0.4 is 11.1 Å². The number of anilines is 1. The van der Waals surface area contributed by atoms with Crippen molar-refractivity contribution in [1.82, 2.24) is 19.7 Å². The summed E-state index contributed by atoms with van der Waals surface area (Å²) < 4.78 is 1.71. The molecule has 3 heterocycles. The molecule has 1 saturated carbocycles. The zero-order valence-corrected chi connectivity index (χ0v) is 14.7. The Labute approximate surface area is 147 Å². The monoisotopic (exact) mass is 342 g/mol. The van der Waals surface area contributed by atoms with Crippen LogP contribution in [-0.4, -0.2) is 44.8 Å². The highest BCUT2D eigenvalue weighted by Gasteiger charge is 2.47. The molecule has 4 rings (SSSR count). The summed E-state index contributed by atoms with van der Waals surface area (Å²) in [5, 5.41) is 8.20. The number of hydrogen-bond acceptors (Lipinski definition) is 4. The van der Waals surface area contributed by atoms with Crippen LogP contribution in [0.1, 0.15) is 38.5 Å². The lowest BCUT2D eigenvalue weighted by Crippen LogP contribution is -2.59. The molecule has 7 heteroatoms. The van der Waals surface area contributed by atoms with Gasteiger partial charge in [0.05, 0.1) is 17.3 Å². The number of rotatable bonds is 3. The third-order valence-electron chi connectivity index (χ3n) is 6.10. The molecule has 7 nitrogen and oxygen atoms in total. The fourth-order valence-corrected chi connectivity index (χ4v) is 4.46. The van der Waals surface area contributed by atoms with Crippen LogP contribution in [0.5, 0.6) is 0 Å². The number of aromatic nitrogens is 3. The summed E-state index contributed by atoms with van der Waals surface area (Å²) in [6.07, 6.45) is 10.3. The van der Waals surface area contributed by atoms with Crippen LogP contribution >= 0.6 is 0 Å². The van der Waals surface area contributed by atoms with Gasteiger partial charge in [-0.3, -0.25) is 4.68 Å². The Morgan fingerprint density at radius 3 is 2.96 bits per heavy atom. The van der Waals surface area contributed by atoms with Gasteiger partial charge in [0.2, 0.25) is 0 Å². The van der Waals surface area contributed by atoms with E-state index in [1.165, 1.54) is 12.8 Å². The van der Waals surface area contributed by atoms with Gasteiger partial charge in [-0.2, -0.15) is 5.10 Å². The summed E-state index contributed by atoms with van der Waals surface area (Å²) in [5.74, 6) is 0. The van der Waals surface area contributed by atoms with Gasteiger partial charge in [-0.1, -0.05) is 6.42 Å². The summed E-state index contributed by atoms with van der Waals surface area (Å²) in [5.41, 5.74) is 7.77. The van der Waals surface area contributed by atoms with Gasteiger partial charge in [-0.25, -0.2) is 9.78 Å². The summed E-state index contributed by atoms with van der Waals surface area (Å²) in [7, 11) is 1.85. The number of amides is 2. The largest absolute Gasteiger partial charge is 0.330 e. The minimum atomic E-state index is -0.0271. The fraction of sp³-hybridized carbons (Fsp3) is 0.611. The lowest BCUT2D eigenvalue weighted by molar-refractivity contribution is 0.00734. The van der Waals surface area contributed by atoms with Crippen LogP contribution in [0.2, 0.25) is 0 Å². The summed E-state index contributed by atoms with van der Waals surface area (Å²) in [4.78, 5) is 19.4. The van der Waals surface area contributed by atoms with Gasteiger partial charge in [0.15, 0.2) is 5.65 Å². The van der Waals surface area contributed by atoms with Crippen molar-refractivity contribution in [2.24, 2.45) is 18.2 Å². The second kappa shape index (κ2) is 6.29. The second-order valence-corrected chi connectivity index (χ2v) is 7.42. The fourth-order valence-electron chi connectivity index (χ4n) is 4.46. The number of likely N-dealkylation sites (tertiary alicyclic amines) is 1. The van der Waals surface area contributed by atoms with E-state index in [4.69, 9.17) is 5.73 Å². The number of fused-ring (bicyclic) bond motifs is 1. The molecule has 3 N–H and O–H groups in total. The number of nitrogens with two attached hydrogens (primary N) is 1. The summed E-state index contributed by atoms with van der Waals surface area (Å²) >= 11 is 0. The molecule has 0 spiro atoms. The van der Waals surface area contributed by atoms with Crippen molar-refractivity contribution < 1.29 is 4.79 Å². The minimum Gasteiger partial charge on any atom is -0.330 e. The van der Waals surface area contributed by atoms with E-state index in [1.807, 2.05) is 18.0 Å². The van der Waals surface area contributed by atoms with E-state index < -0.39 is 0 Å². The number of carbonyl (C=O) groups excluding carboxylic acids is 1. The van der Waals surface area contributed by atoms with Crippen molar-refractivity contribution in [1.29, 1.82) is 0 Å². The Kier molecular flexibility index (Phi) is 4.11. The molecule has 0 aromatic carbocycles. The van der Waals surface area contributed by atoms with Crippen molar-refractivity contribution in [3.05, 3.63) is 18.5 Å². The van der Waals surface area contributed by atoms with Crippen LogP contribution in [0.3, 0.4) is 0 Å². The molecule has 25 heavy (non-hydrogen) atoms. The van der Waals surface area contributed by atoms with E-state index in [2.05, 4.69) is 15.4 Å². The van der Waals surface area contributed by atoms with Crippen molar-refractivity contribution in [3.8, 4) is 0 Å². The normalized spacial score (nSPS) is 22.6. The Morgan fingerprint density at radius 2 is 2.24 bits per heavy atom. The maximum Gasteiger partial charge on any atom is 0.322 e. The number of hydrogen-bond donors (Lipinski definition) is 2. The summed E-state index contributed by atoms with van der Waals surface area (Å²) in [6.45, 7) is 1.48. The zero-order chi connectivity index (χ0) is 17.4. The van der Waals surface area contributed by atoms with Crippen LogP contribution in [0.15, 0.2) is 18.5 Å². The first-order chi connectivity index (χ1) is 12.1. The maximum absolute atomic E-state index is 13.1. The Bertz CT molecular complexity index is 775. The van der Waals surface area contributed by atoms with Crippen LogP contribution in [0.4, 0.5) is 10.5 Å². The van der Waals surface area contributed by atoms with Gasteiger partial charge in [-0.05, 0) is 44.7 Å². The Morgan fingerprint density at radius 1 is 1.40 bits per heavy atom. The molecule has 1 aliphatic carbocycles. The highest BCUT2D eigenvalue weighted by Crippen LogP contribution is 2.47. The van der Waals surface area contributed by atoms with E-state index in [0.717, 1.165) is 48.9 Å². The average molecular weight is 342 g/mol. The molecule has 0 bridgehead atoms. The molecule has 134 valence electrons. The van der Waals surface area contributed by atoms with E-state index >= 15 is 0 Å². The van der Waals surface area contributed by atoms with Crippen LogP contribution in [0.25, 0.3) is 11.0 Å². The third-order valence-corrected chi connectivity index (χ3v) is 6.10. The first kappa shape index (κ1) is 16.3. The topological polar surface area (TPSA) is 89.1 Å². The quantitative estimate of drug-likeness (QED) is 0.897. The Balaban J connectivity index is 1.58. The molecule has 1 atom stereocenters. The van der Waals surface area contributed by atoms with Gasteiger partial charge >= 0.3 is 6.03 Å². The molecule has 2 aromatic heterocycles. The average Bonchev–Trinajstić information content (AvgIpc) is 2.97. The predicted molar refractivity (Wildman–Crippen MR) is 97.2 cm³/mol. The molecule has 2 amide bonds. The first-order valence-electron chi connectivity index (χ1n) is 9.19. The van der Waals surface area contributed by atoms with E-state index in [0.29, 0.717) is 6.54 Å². The van der Waals surface area contributed by atoms with E-state index in [-0.39, 0.29) is 17.5 Å². The summed E-state index contributed by atoms with van der Waals surface area (Å²) in [6, 6.07) is 2.06. The molecule has 1 unspecified atom stereocenters. The SMILES string of the molecule is Cn1ncc2c(NC(=O)N3CCCCC3C3(CN)CCC3)ccnc21. The maximum atomic E-state index is 13.1. The number of aryl methyl sites for hydroxylation is 1. The van der Waals surface area contributed by atoms with E-state index in [1.54, 1.807) is 17.1 Å². The van der Waals surface area contributed by atoms with Gasteiger partial charge < -0.3 is 16.0 Å². The number of carbonyl (C=O) groups is 1. The lowest BCUT2D eigenvalue weighted by atomic mass is 9.62. The molecular weight excluding hydrogens is 316 g/mol. The van der Waals surface area contributed by atoms with Crippen LogP contribution in [-0.2, 0) is 7.05 Å². The van der Waals surface area contributed by atoms with Gasteiger partial charge in [0, 0.05) is 31.2 Å². The molecular formula is C18H26N6O. The lowest BCUT2D eigenvalue weighted by Gasteiger charge is -2.53. The third kappa shape index (κ3) is 2.66. The molecule has 2 fully saturated rings. The van der Waals surface area contributed by atoms with Gasteiger partial charge in [0.1, 0.15) is 0 Å². The smallest absolute Gasteiger partial charge is 0.322 e. The molecule has 1 aliphatic heterocycles. The second-order valence-electron chi connectivity index (χ2n) is 7.42. The first-order valence-corrected chi connectivity index (χ1v) is 9.19. The molecule has 1 saturated heterocycles. The standard InChI is InChI=1S/C18H26N6O/c1-23-16-13(11-21-23)14(6-9-20-16)22-17(25)24-10-3-2-5-15(24)18(12-19)7-4-8-18/h6,9,11,15H,2-5,7-8,10,12,19H2,1H3,(H,20,22,25). The highest BCUT2D eigenvalue weighted by atomic mass is 16.2. The van der Waals surface area contributed by atoms with Crippen LogP contribution in [0, 0.1) is 5.41 Å². The minimum absolute atomic E-state index is 0.0271. The Hall–Kier alpha value is -2.15. The van der Waals surface area contributed by atoms with E-state index in [9.17, 15) is 4.79 Å². The molecule has 2 aliphatic rings. The molecule has 0 radical (unpaired) electrons. The van der Waals surface area contributed by atoms with Crippen molar-refractivity contribution in [2.45, 2.75) is 44.6 Å². The number of urea groups is 1. The van der Waals surface area contributed by atoms with Crippen molar-refractivity contribution in [2.75, 3.05) is 18.4 Å². The van der Waals surface area contributed by atoms with Crippen molar-refractivity contribution in [3.63, 3.8) is 0 Å². The number of piperidine rings is 1. The number of pyridine rings is 1. The van der Waals surface area contributed by atoms with Crippen molar-refractivity contribution >= 4 is 22.8 Å². The highest BCUT2D eigenvalue weighted by molar-refractivity contribution is 5.99. The number of nitrogens with one attached hydrogen (secondary N) is 1.